The van der Waals surface area contributed by atoms with Gasteiger partial charge in [-0.3, -0.25) is 5.01 Å². The van der Waals surface area contributed by atoms with Crippen LogP contribution in [-0.4, -0.2) is 22.9 Å². The Kier molecular flexibility index (Phi) is 5.02. The Morgan fingerprint density at radius 2 is 1.79 bits per heavy atom. The molecule has 5 rings (SSSR count). The number of anilines is 2. The van der Waals surface area contributed by atoms with Gasteiger partial charge in [0.05, 0.1) is 11.0 Å². The van der Waals surface area contributed by atoms with Gasteiger partial charge in [0.1, 0.15) is 6.17 Å². The molecule has 137 valence electrons. The van der Waals surface area contributed by atoms with Crippen LogP contribution in [0.25, 0.3) is 22.2 Å². The number of hydrogen-bond acceptors (Lipinski definition) is 3. The average molecular weight is 441 g/mol. The van der Waals surface area contributed by atoms with Gasteiger partial charge in [-0.25, -0.2) is 20.8 Å². The maximum absolute atomic E-state index is 4.92. The summed E-state index contributed by atoms with van der Waals surface area (Å²) in [5.74, 6) is 0.948. The van der Waals surface area contributed by atoms with Gasteiger partial charge in [-0.2, -0.15) is 42.5 Å². The van der Waals surface area contributed by atoms with E-state index >= 15 is 0 Å². The number of benzene rings is 3. The normalized spacial score (nSPS) is 15.6. The summed E-state index contributed by atoms with van der Waals surface area (Å²) in [6, 6.07) is 27.3. The van der Waals surface area contributed by atoms with E-state index in [1.807, 2.05) is 24.3 Å². The molecule has 1 aromatic heterocycles. The van der Waals surface area contributed by atoms with E-state index in [1.54, 1.807) is 0 Å². The SMILES string of the molecule is Cc1c[c-]c(-c2[c-]cccc2)cc1N1c2nc3ccccc3n2N(C)[C@@H]1C.[Y]. The number of imidazole rings is 1. The first-order chi connectivity index (χ1) is 13.1. The molecule has 3 aromatic carbocycles. The Morgan fingerprint density at radius 1 is 1.00 bits per heavy atom. The predicted molar refractivity (Wildman–Crippen MR) is 110 cm³/mol. The molecule has 4 nitrogen and oxygen atoms in total. The molecule has 0 N–H and O–H groups in total. The largest absolute Gasteiger partial charge is 0.306 e. The second-order valence-electron chi connectivity index (χ2n) is 6.98. The monoisotopic (exact) mass is 441 g/mol. The minimum Gasteiger partial charge on any atom is -0.306 e. The van der Waals surface area contributed by atoms with E-state index in [4.69, 9.17) is 4.98 Å². The number of rotatable bonds is 2. The molecule has 0 unspecified atom stereocenters. The predicted octanol–water partition coefficient (Wildman–Crippen LogP) is 4.68. The van der Waals surface area contributed by atoms with E-state index in [9.17, 15) is 0 Å². The van der Waals surface area contributed by atoms with Gasteiger partial charge in [-0.15, -0.1) is 11.6 Å². The van der Waals surface area contributed by atoms with Gasteiger partial charge in [0.15, 0.2) is 0 Å². The molecular formula is C23H20N4Y-2. The molecule has 1 aliphatic heterocycles. The fraction of sp³-hybridized carbons (Fsp3) is 0.174. The summed E-state index contributed by atoms with van der Waals surface area (Å²) in [5, 5.41) is 2.23. The summed E-state index contributed by atoms with van der Waals surface area (Å²) < 4.78 is 2.20. The van der Waals surface area contributed by atoms with Crippen LogP contribution in [0.3, 0.4) is 0 Å². The van der Waals surface area contributed by atoms with Crippen molar-refractivity contribution in [3.8, 4) is 11.1 Å². The minimum atomic E-state index is 0. The van der Waals surface area contributed by atoms with Crippen LogP contribution in [0.4, 0.5) is 11.6 Å². The van der Waals surface area contributed by atoms with Crippen LogP contribution in [0.15, 0.2) is 60.7 Å². The number of aromatic nitrogens is 2. The Labute approximate surface area is 190 Å². The Morgan fingerprint density at radius 3 is 2.57 bits per heavy atom. The van der Waals surface area contributed by atoms with Crippen molar-refractivity contribution in [3.05, 3.63) is 78.4 Å². The molecule has 0 saturated heterocycles. The molecular weight excluding hydrogens is 421 g/mol. The molecule has 1 atom stereocenters. The minimum absolute atomic E-state index is 0. The summed E-state index contributed by atoms with van der Waals surface area (Å²) in [4.78, 5) is 7.23. The van der Waals surface area contributed by atoms with Gasteiger partial charge in [-0.05, 0) is 24.7 Å². The number of nitrogens with zero attached hydrogens (tertiary/aromatic N) is 4. The van der Waals surface area contributed by atoms with Crippen LogP contribution in [0.5, 0.6) is 0 Å². The maximum atomic E-state index is 4.92. The van der Waals surface area contributed by atoms with E-state index in [2.05, 4.69) is 84.0 Å². The molecule has 5 heteroatoms. The van der Waals surface area contributed by atoms with Crippen molar-refractivity contribution in [1.82, 2.24) is 9.66 Å². The fourth-order valence-corrected chi connectivity index (χ4v) is 3.81. The third-order valence-electron chi connectivity index (χ3n) is 5.35. The Balaban J connectivity index is 0.00000192. The second-order valence-corrected chi connectivity index (χ2v) is 6.98. The van der Waals surface area contributed by atoms with Gasteiger partial charge in [0.2, 0.25) is 5.95 Å². The van der Waals surface area contributed by atoms with Crippen LogP contribution in [-0.2, 0) is 32.7 Å². The first kappa shape index (κ1) is 19.2. The molecule has 28 heavy (non-hydrogen) atoms. The molecule has 0 aliphatic carbocycles. The average Bonchev–Trinajstić information content (AvgIpc) is 3.18. The van der Waals surface area contributed by atoms with Crippen molar-refractivity contribution < 1.29 is 32.7 Å². The van der Waals surface area contributed by atoms with E-state index in [-0.39, 0.29) is 38.9 Å². The van der Waals surface area contributed by atoms with E-state index < -0.39 is 0 Å². The van der Waals surface area contributed by atoms with Crippen LogP contribution in [0.2, 0.25) is 0 Å². The van der Waals surface area contributed by atoms with Crippen LogP contribution in [0, 0.1) is 19.1 Å². The number of aryl methyl sites for hydroxylation is 1. The zero-order valence-electron chi connectivity index (χ0n) is 16.2. The number of fused-ring (bicyclic) bond motifs is 3. The van der Waals surface area contributed by atoms with Gasteiger partial charge >= 0.3 is 0 Å². The second kappa shape index (κ2) is 7.34. The van der Waals surface area contributed by atoms with Gasteiger partial charge < -0.3 is 4.90 Å². The summed E-state index contributed by atoms with van der Waals surface area (Å²) in [6.45, 7) is 4.33. The number of hydrogen-bond donors (Lipinski definition) is 0. The smallest absolute Gasteiger partial charge is 0.230 e. The van der Waals surface area contributed by atoms with E-state index in [1.165, 1.54) is 5.56 Å². The van der Waals surface area contributed by atoms with Gasteiger partial charge in [0, 0.05) is 39.8 Å². The molecule has 1 aliphatic rings. The standard InChI is InChI=1S/C23H20N4.Y/c1-16-13-14-19(18-9-5-4-6-10-18)15-22(16)26-17(2)25(3)27-21-12-8-7-11-20(21)24-23(26)27;/h4-9,11-13,15,17H,1-3H3;/q-2;/t17-;/m0./s1. The molecule has 2 heterocycles. The Bertz CT molecular complexity index is 1140. The first-order valence-electron chi connectivity index (χ1n) is 9.14. The van der Waals surface area contributed by atoms with Crippen LogP contribution < -0.4 is 9.91 Å². The molecule has 0 saturated carbocycles. The fourth-order valence-electron chi connectivity index (χ4n) is 3.81. The van der Waals surface area contributed by atoms with Crippen LogP contribution >= 0.6 is 0 Å². The third-order valence-corrected chi connectivity index (χ3v) is 5.35. The van der Waals surface area contributed by atoms with Crippen molar-refractivity contribution in [3.63, 3.8) is 0 Å². The topological polar surface area (TPSA) is 24.3 Å². The van der Waals surface area contributed by atoms with Crippen LogP contribution in [0.1, 0.15) is 12.5 Å². The first-order valence-corrected chi connectivity index (χ1v) is 9.14. The Hall–Kier alpha value is -2.17. The molecule has 1 radical (unpaired) electrons. The maximum Gasteiger partial charge on any atom is 0.230 e. The molecule has 4 aromatic rings. The van der Waals surface area contributed by atoms with Crippen molar-refractivity contribution in [2.45, 2.75) is 20.0 Å². The molecule has 0 amide bonds. The van der Waals surface area contributed by atoms with Crippen molar-refractivity contribution in [2.75, 3.05) is 17.0 Å². The summed E-state index contributed by atoms with van der Waals surface area (Å²) in [7, 11) is 2.11. The van der Waals surface area contributed by atoms with Crippen molar-refractivity contribution in [2.24, 2.45) is 0 Å². The van der Waals surface area contributed by atoms with E-state index in [0.717, 1.165) is 33.8 Å². The molecule has 0 bridgehead atoms. The van der Waals surface area contributed by atoms with E-state index in [0.29, 0.717) is 0 Å². The molecule has 0 spiro atoms. The van der Waals surface area contributed by atoms with Gasteiger partial charge in [0.25, 0.3) is 0 Å². The van der Waals surface area contributed by atoms with Gasteiger partial charge in [-0.1, -0.05) is 19.1 Å². The summed E-state index contributed by atoms with van der Waals surface area (Å²) in [5.41, 5.74) is 6.55. The zero-order valence-corrected chi connectivity index (χ0v) is 19.1. The third kappa shape index (κ3) is 2.87. The number of para-hydroxylation sites is 2. The zero-order chi connectivity index (χ0) is 18.5. The quantitative estimate of drug-likeness (QED) is 0.423. The van der Waals surface area contributed by atoms with Crippen molar-refractivity contribution in [1.29, 1.82) is 0 Å². The van der Waals surface area contributed by atoms with Crippen molar-refractivity contribution >= 4 is 22.7 Å². The summed E-state index contributed by atoms with van der Waals surface area (Å²) in [6.07, 6.45) is 0.158. The molecule has 0 fully saturated rings. The summed E-state index contributed by atoms with van der Waals surface area (Å²) >= 11 is 0.